The van der Waals surface area contributed by atoms with Crippen LogP contribution in [0.2, 0.25) is 0 Å². The van der Waals surface area contributed by atoms with Crippen LogP contribution >= 0.6 is 12.2 Å². The van der Waals surface area contributed by atoms with Crippen LogP contribution in [0, 0.1) is 5.41 Å². The summed E-state index contributed by atoms with van der Waals surface area (Å²) in [5.41, 5.74) is 6.14. The van der Waals surface area contributed by atoms with E-state index in [0.29, 0.717) is 0 Å². The first-order valence-electron chi connectivity index (χ1n) is 7.01. The molecule has 1 aliphatic rings. The highest BCUT2D eigenvalue weighted by Gasteiger charge is 2.26. The fraction of sp³-hybridized carbons (Fsp3) is 0.929. The Morgan fingerprint density at radius 3 is 2.28 bits per heavy atom. The Balaban J connectivity index is 0.00000324. The highest BCUT2D eigenvalue weighted by Crippen LogP contribution is 2.25. The van der Waals surface area contributed by atoms with Crippen molar-refractivity contribution in [2.24, 2.45) is 11.1 Å². The lowest BCUT2D eigenvalue weighted by atomic mass is 9.80. The molecule has 108 valence electrons. The van der Waals surface area contributed by atoms with E-state index in [0.717, 1.165) is 31.2 Å². The van der Waals surface area contributed by atoms with Gasteiger partial charge in [0.2, 0.25) is 0 Å². The van der Waals surface area contributed by atoms with E-state index in [-0.39, 0.29) is 12.4 Å². The average Bonchev–Trinajstić information content (AvgIpc) is 2.24. The Morgan fingerprint density at radius 1 is 1.22 bits per heavy atom. The van der Waals surface area contributed by atoms with Gasteiger partial charge in [0.15, 0.2) is 5.11 Å². The van der Waals surface area contributed by atoms with E-state index in [1.807, 2.05) is 0 Å². The number of likely N-dealkylation sites (tertiary alicyclic amines) is 1. The van der Waals surface area contributed by atoms with Crippen LogP contribution in [0.3, 0.4) is 0 Å². The van der Waals surface area contributed by atoms with E-state index in [4.69, 9.17) is 18.0 Å². The molecule has 0 aromatic heterocycles. The van der Waals surface area contributed by atoms with Gasteiger partial charge in [-0.3, -0.25) is 0 Å². The van der Waals surface area contributed by atoms with E-state index in [9.17, 15) is 0 Å². The fourth-order valence-corrected chi connectivity index (χ4v) is 3.07. The first-order valence-corrected chi connectivity index (χ1v) is 7.42. The minimum absolute atomic E-state index is 0. The molecule has 0 atom stereocenters. The maximum Gasteiger partial charge on any atom is 0.168 e. The largest absolute Gasteiger partial charge is 0.362 e. The van der Waals surface area contributed by atoms with Crippen LogP contribution in [0.5, 0.6) is 0 Å². The molecule has 0 aliphatic carbocycles. The number of hydrogen-bond donors (Lipinski definition) is 2. The molecule has 1 aliphatic heterocycles. The molecule has 1 saturated heterocycles. The highest BCUT2D eigenvalue weighted by molar-refractivity contribution is 7.80. The number of piperidine rings is 1. The summed E-state index contributed by atoms with van der Waals surface area (Å²) in [5.74, 6) is 0. The van der Waals surface area contributed by atoms with Crippen LogP contribution in [0.4, 0.5) is 0 Å². The lowest BCUT2D eigenvalue weighted by Crippen LogP contribution is -2.47. The average molecular weight is 273 g/mol. The zero-order valence-electron chi connectivity index (χ0n) is 12.4. The lowest BCUT2D eigenvalue weighted by Gasteiger charge is -2.35. The van der Waals surface area contributed by atoms with Crippen molar-refractivity contribution in [2.75, 3.05) is 19.6 Å². The Kier molecular flexibility index (Phi) is 5.41. The summed E-state index contributed by atoms with van der Waals surface area (Å²) in [6, 6.07) is 0. The lowest BCUT2D eigenvalue weighted by molar-refractivity contribution is 0.254. The Bertz CT molecular complexity index is 281. The SMILES string of the molecule is CC(C)(N)CC(C)(C)CNC(=S)N1CCCCC1.[HH]. The van der Waals surface area contributed by atoms with Gasteiger partial charge in [-0.1, -0.05) is 13.8 Å². The molecule has 0 amide bonds. The Labute approximate surface area is 119 Å². The van der Waals surface area contributed by atoms with Gasteiger partial charge in [-0.05, 0) is 57.2 Å². The third-order valence-electron chi connectivity index (χ3n) is 3.30. The normalized spacial score (nSPS) is 17.7. The molecular weight excluding hydrogens is 242 g/mol. The second-order valence-electron chi connectivity index (χ2n) is 7.04. The van der Waals surface area contributed by atoms with Crippen molar-refractivity contribution in [2.45, 2.75) is 58.9 Å². The molecule has 0 bridgehead atoms. The van der Waals surface area contributed by atoms with Gasteiger partial charge < -0.3 is 16.0 Å². The van der Waals surface area contributed by atoms with Crippen molar-refractivity contribution in [3.8, 4) is 0 Å². The van der Waals surface area contributed by atoms with Crippen molar-refractivity contribution in [3.63, 3.8) is 0 Å². The van der Waals surface area contributed by atoms with Crippen LogP contribution < -0.4 is 11.1 Å². The van der Waals surface area contributed by atoms with Crippen LogP contribution in [-0.2, 0) is 0 Å². The number of rotatable bonds is 4. The monoisotopic (exact) mass is 273 g/mol. The summed E-state index contributed by atoms with van der Waals surface area (Å²) in [4.78, 5) is 2.29. The fourth-order valence-electron chi connectivity index (χ4n) is 2.82. The number of nitrogens with zero attached hydrogens (tertiary/aromatic N) is 1. The number of hydrogen-bond acceptors (Lipinski definition) is 2. The van der Waals surface area contributed by atoms with Crippen molar-refractivity contribution in [1.82, 2.24) is 10.2 Å². The Morgan fingerprint density at radius 2 is 1.78 bits per heavy atom. The standard InChI is InChI=1S/C14H29N3S.H2/c1-13(2,10-14(3,4)15)11-16-12(18)17-8-6-5-7-9-17;/h5-11,15H2,1-4H3,(H,16,18);1H. The molecule has 18 heavy (non-hydrogen) atoms. The maximum absolute atomic E-state index is 6.10. The van der Waals surface area contributed by atoms with E-state index in [1.54, 1.807) is 0 Å². The van der Waals surface area contributed by atoms with Crippen molar-refractivity contribution in [3.05, 3.63) is 0 Å². The number of nitrogens with two attached hydrogens (primary N) is 1. The molecule has 4 heteroatoms. The molecular formula is C14H31N3S. The quantitative estimate of drug-likeness (QED) is 0.773. The zero-order chi connectivity index (χ0) is 13.8. The van der Waals surface area contributed by atoms with Crippen molar-refractivity contribution in [1.29, 1.82) is 0 Å². The second-order valence-corrected chi connectivity index (χ2v) is 7.42. The van der Waals surface area contributed by atoms with Crippen molar-refractivity contribution < 1.29 is 1.43 Å². The van der Waals surface area contributed by atoms with Crippen molar-refractivity contribution >= 4 is 17.3 Å². The smallest absolute Gasteiger partial charge is 0.168 e. The van der Waals surface area contributed by atoms with Gasteiger partial charge in [0.25, 0.3) is 0 Å². The van der Waals surface area contributed by atoms with Gasteiger partial charge in [-0.25, -0.2) is 0 Å². The molecule has 0 saturated carbocycles. The van der Waals surface area contributed by atoms with Crippen LogP contribution in [0.25, 0.3) is 0 Å². The summed E-state index contributed by atoms with van der Waals surface area (Å²) >= 11 is 5.47. The molecule has 0 spiro atoms. The Hall–Kier alpha value is -0.350. The predicted octanol–water partition coefficient (Wildman–Crippen LogP) is 2.75. The van der Waals surface area contributed by atoms with Gasteiger partial charge >= 0.3 is 0 Å². The first kappa shape index (κ1) is 15.7. The van der Waals surface area contributed by atoms with Crippen LogP contribution in [-0.4, -0.2) is 35.2 Å². The van der Waals surface area contributed by atoms with Gasteiger partial charge in [-0.2, -0.15) is 0 Å². The summed E-state index contributed by atoms with van der Waals surface area (Å²) in [7, 11) is 0. The van der Waals surface area contributed by atoms with Gasteiger partial charge in [-0.15, -0.1) is 0 Å². The number of nitrogens with one attached hydrogen (secondary N) is 1. The minimum atomic E-state index is -0.127. The topological polar surface area (TPSA) is 41.3 Å². The van der Waals surface area contributed by atoms with Gasteiger partial charge in [0.1, 0.15) is 0 Å². The molecule has 1 rings (SSSR count). The molecule has 0 aromatic rings. The molecule has 1 fully saturated rings. The highest BCUT2D eigenvalue weighted by atomic mass is 32.1. The second kappa shape index (κ2) is 6.20. The van der Waals surface area contributed by atoms with Crippen LogP contribution in [0.1, 0.15) is 54.8 Å². The molecule has 0 unspecified atom stereocenters. The molecule has 0 radical (unpaired) electrons. The first-order chi connectivity index (χ1) is 8.20. The zero-order valence-corrected chi connectivity index (χ0v) is 13.2. The summed E-state index contributed by atoms with van der Waals surface area (Å²) in [5, 5.41) is 4.33. The third kappa shape index (κ3) is 6.01. The molecule has 1 heterocycles. The minimum Gasteiger partial charge on any atom is -0.362 e. The third-order valence-corrected chi connectivity index (χ3v) is 3.70. The number of thiocarbonyl (C=S) groups is 1. The molecule has 3 N–H and O–H groups in total. The van der Waals surface area contributed by atoms with E-state index < -0.39 is 0 Å². The summed E-state index contributed by atoms with van der Waals surface area (Å²) in [6.07, 6.45) is 4.85. The summed E-state index contributed by atoms with van der Waals surface area (Å²) in [6.45, 7) is 11.8. The van der Waals surface area contributed by atoms with E-state index in [2.05, 4.69) is 37.9 Å². The van der Waals surface area contributed by atoms with E-state index in [1.165, 1.54) is 19.3 Å². The molecule has 3 nitrogen and oxygen atoms in total. The van der Waals surface area contributed by atoms with E-state index >= 15 is 0 Å². The van der Waals surface area contributed by atoms with Gasteiger partial charge in [0.05, 0.1) is 0 Å². The summed E-state index contributed by atoms with van der Waals surface area (Å²) < 4.78 is 0. The van der Waals surface area contributed by atoms with Gasteiger partial charge in [0, 0.05) is 26.6 Å². The molecule has 0 aromatic carbocycles. The predicted molar refractivity (Wildman–Crippen MR) is 84.8 cm³/mol. The maximum atomic E-state index is 6.10. The van der Waals surface area contributed by atoms with Crippen LogP contribution in [0.15, 0.2) is 0 Å².